The first-order valence-electron chi connectivity index (χ1n) is 13.7. The molecule has 0 aliphatic rings. The lowest BCUT2D eigenvalue weighted by Crippen LogP contribution is -2.27. The Morgan fingerprint density at radius 1 is 0.714 bits per heavy atom. The third kappa shape index (κ3) is 11.3. The second-order valence-corrected chi connectivity index (χ2v) is 9.64. The Morgan fingerprint density at radius 3 is 1.66 bits per heavy atom. The van der Waals surface area contributed by atoms with Gasteiger partial charge in [0.25, 0.3) is 0 Å². The van der Waals surface area contributed by atoms with Gasteiger partial charge in [-0.05, 0) is 47.7 Å². The van der Waals surface area contributed by atoms with E-state index in [2.05, 4.69) is 6.92 Å². The number of hydrogen-bond acceptors (Lipinski definition) is 3. The zero-order valence-corrected chi connectivity index (χ0v) is 22.1. The van der Waals surface area contributed by atoms with Gasteiger partial charge in [-0.3, -0.25) is 0 Å². The fourth-order valence-corrected chi connectivity index (χ4v) is 4.03. The summed E-state index contributed by atoms with van der Waals surface area (Å²) in [4.78, 5) is 11.9. The summed E-state index contributed by atoms with van der Waals surface area (Å²) in [7, 11) is 0. The molecule has 35 heavy (non-hydrogen) atoms. The summed E-state index contributed by atoms with van der Waals surface area (Å²) in [5.41, 5.74) is 2.05. The number of esters is 1. The number of carbonyl (C=O) groups excluding carboxylic acids is 1. The summed E-state index contributed by atoms with van der Waals surface area (Å²) in [5.74, 6) is 0.0610. The van der Waals surface area contributed by atoms with Gasteiger partial charge in [0.05, 0.1) is 6.61 Å². The smallest absolute Gasteiger partial charge is 0.346 e. The normalized spacial score (nSPS) is 12.8. The van der Waals surface area contributed by atoms with E-state index in [1.54, 1.807) is 19.1 Å². The highest BCUT2D eigenvalue weighted by Gasteiger charge is 2.25. The van der Waals surface area contributed by atoms with Crippen molar-refractivity contribution in [3.63, 3.8) is 0 Å². The molecular formula is C31H45FO3. The molecule has 0 amide bonds. The lowest BCUT2D eigenvalue weighted by molar-refractivity contribution is -0.141. The molecule has 0 radical (unpaired) electrons. The molecule has 4 heteroatoms. The van der Waals surface area contributed by atoms with Crippen LogP contribution in [-0.4, -0.2) is 18.7 Å². The number of alkyl halides is 1. The molecule has 0 fully saturated rings. The van der Waals surface area contributed by atoms with Crippen LogP contribution in [0, 0.1) is 5.92 Å². The van der Waals surface area contributed by atoms with Gasteiger partial charge in [-0.15, -0.1) is 0 Å². The van der Waals surface area contributed by atoms with Crippen molar-refractivity contribution < 1.29 is 18.7 Å². The van der Waals surface area contributed by atoms with Crippen LogP contribution < -0.4 is 9.47 Å². The first-order chi connectivity index (χ1) is 17.0. The first-order valence-corrected chi connectivity index (χ1v) is 13.7. The summed E-state index contributed by atoms with van der Waals surface area (Å²) in [6, 6.07) is 15.2. The largest absolute Gasteiger partial charge is 0.494 e. The Balaban J connectivity index is 1.63. The maximum Gasteiger partial charge on any atom is 0.346 e. The molecule has 3 nitrogen and oxygen atoms in total. The summed E-state index contributed by atoms with van der Waals surface area (Å²) in [5, 5.41) is 0. The summed E-state index contributed by atoms with van der Waals surface area (Å²) in [6.07, 6.45) is 13.6. The van der Waals surface area contributed by atoms with Gasteiger partial charge in [0.15, 0.2) is 6.17 Å². The predicted octanol–water partition coefficient (Wildman–Crippen LogP) is 9.33. The standard InChI is InChI=1S/C31H45FO3/c1-4-6-7-8-9-10-11-12-13-14-15-24-34-28-20-16-26(17-21-28)27-18-22-29(23-19-27)35-31(33)30(32)25(3)5-2/h16-23,25,30H,4-15,24H2,1-3H3. The van der Waals surface area contributed by atoms with Crippen molar-refractivity contribution in [3.8, 4) is 22.6 Å². The molecule has 194 valence electrons. The van der Waals surface area contributed by atoms with E-state index in [0.29, 0.717) is 12.2 Å². The predicted molar refractivity (Wildman–Crippen MR) is 144 cm³/mol. The molecule has 0 bridgehead atoms. The van der Waals surface area contributed by atoms with E-state index in [-0.39, 0.29) is 5.92 Å². The third-order valence-corrected chi connectivity index (χ3v) is 6.65. The average Bonchev–Trinajstić information content (AvgIpc) is 2.89. The zero-order chi connectivity index (χ0) is 25.3. The molecular weight excluding hydrogens is 439 g/mol. The molecule has 0 aliphatic heterocycles. The van der Waals surface area contributed by atoms with E-state index in [1.807, 2.05) is 43.3 Å². The second-order valence-electron chi connectivity index (χ2n) is 9.64. The molecule has 2 aromatic carbocycles. The lowest BCUT2D eigenvalue weighted by atomic mass is 10.0. The van der Waals surface area contributed by atoms with Gasteiger partial charge < -0.3 is 9.47 Å². The van der Waals surface area contributed by atoms with E-state index in [4.69, 9.17) is 9.47 Å². The van der Waals surface area contributed by atoms with Gasteiger partial charge in [-0.25, -0.2) is 9.18 Å². The SMILES string of the molecule is CCCCCCCCCCCCCOc1ccc(-c2ccc(OC(=O)C(F)C(C)CC)cc2)cc1. The van der Waals surface area contributed by atoms with Crippen LogP contribution in [0.25, 0.3) is 11.1 Å². The topological polar surface area (TPSA) is 35.5 Å². The molecule has 0 aromatic heterocycles. The van der Waals surface area contributed by atoms with E-state index in [9.17, 15) is 9.18 Å². The molecule has 0 heterocycles. The number of unbranched alkanes of at least 4 members (excludes halogenated alkanes) is 10. The van der Waals surface area contributed by atoms with Crippen molar-refractivity contribution in [2.24, 2.45) is 5.92 Å². The average molecular weight is 485 g/mol. The molecule has 2 unspecified atom stereocenters. The number of halogens is 1. The van der Waals surface area contributed by atoms with E-state index in [1.165, 1.54) is 64.2 Å². The molecule has 2 aromatic rings. The van der Waals surface area contributed by atoms with Crippen molar-refractivity contribution in [3.05, 3.63) is 48.5 Å². The van der Waals surface area contributed by atoms with Crippen LogP contribution in [-0.2, 0) is 4.79 Å². The van der Waals surface area contributed by atoms with Crippen LogP contribution >= 0.6 is 0 Å². The minimum atomic E-state index is -1.60. The minimum Gasteiger partial charge on any atom is -0.494 e. The number of carbonyl (C=O) groups is 1. The van der Waals surface area contributed by atoms with Crippen molar-refractivity contribution >= 4 is 5.97 Å². The van der Waals surface area contributed by atoms with E-state index in [0.717, 1.165) is 29.9 Å². The fraction of sp³-hybridized carbons (Fsp3) is 0.581. The molecule has 0 saturated heterocycles. The molecule has 0 saturated carbocycles. The molecule has 0 spiro atoms. The van der Waals surface area contributed by atoms with Crippen molar-refractivity contribution in [1.29, 1.82) is 0 Å². The van der Waals surface area contributed by atoms with E-state index >= 15 is 0 Å². The Kier molecular flexibility index (Phi) is 14.1. The Bertz CT molecular complexity index is 816. The van der Waals surface area contributed by atoms with Crippen LogP contribution in [0.1, 0.15) is 97.8 Å². The Morgan fingerprint density at radius 2 is 1.17 bits per heavy atom. The number of ether oxygens (including phenoxy) is 2. The lowest BCUT2D eigenvalue weighted by Gasteiger charge is -2.13. The van der Waals surface area contributed by atoms with Crippen molar-refractivity contribution in [1.82, 2.24) is 0 Å². The van der Waals surface area contributed by atoms with Crippen LogP contribution in [0.15, 0.2) is 48.5 Å². The van der Waals surface area contributed by atoms with Gasteiger partial charge in [0.2, 0.25) is 0 Å². The Hall–Kier alpha value is -2.36. The quantitative estimate of drug-likeness (QED) is 0.120. The minimum absolute atomic E-state index is 0.350. The van der Waals surface area contributed by atoms with Gasteiger partial charge in [0, 0.05) is 0 Å². The fourth-order valence-electron chi connectivity index (χ4n) is 4.03. The highest BCUT2D eigenvalue weighted by Crippen LogP contribution is 2.25. The molecule has 0 aliphatic carbocycles. The van der Waals surface area contributed by atoms with Crippen LogP contribution in [0.3, 0.4) is 0 Å². The van der Waals surface area contributed by atoms with Crippen LogP contribution in [0.5, 0.6) is 11.5 Å². The van der Waals surface area contributed by atoms with Gasteiger partial charge >= 0.3 is 5.97 Å². The first kappa shape index (κ1) is 28.9. The van der Waals surface area contributed by atoms with Crippen molar-refractivity contribution in [2.45, 2.75) is 104 Å². The number of rotatable bonds is 18. The highest BCUT2D eigenvalue weighted by atomic mass is 19.1. The molecule has 2 rings (SSSR count). The number of benzene rings is 2. The summed E-state index contributed by atoms with van der Waals surface area (Å²) < 4.78 is 25.1. The maximum atomic E-state index is 14.0. The van der Waals surface area contributed by atoms with Gasteiger partial charge in [0.1, 0.15) is 11.5 Å². The van der Waals surface area contributed by atoms with Crippen LogP contribution in [0.2, 0.25) is 0 Å². The Labute approximate surface area is 212 Å². The summed E-state index contributed by atoms with van der Waals surface area (Å²) >= 11 is 0. The third-order valence-electron chi connectivity index (χ3n) is 6.65. The van der Waals surface area contributed by atoms with Gasteiger partial charge in [-0.1, -0.05) is 116 Å². The van der Waals surface area contributed by atoms with Crippen molar-refractivity contribution in [2.75, 3.05) is 6.61 Å². The van der Waals surface area contributed by atoms with E-state index < -0.39 is 12.1 Å². The van der Waals surface area contributed by atoms with Crippen LogP contribution in [0.4, 0.5) is 4.39 Å². The highest BCUT2D eigenvalue weighted by molar-refractivity contribution is 5.77. The molecule has 2 atom stereocenters. The zero-order valence-electron chi connectivity index (χ0n) is 22.1. The molecule has 0 N–H and O–H groups in total. The maximum absolute atomic E-state index is 14.0. The monoisotopic (exact) mass is 484 g/mol. The van der Waals surface area contributed by atoms with Gasteiger partial charge in [-0.2, -0.15) is 0 Å². The number of hydrogen-bond donors (Lipinski definition) is 0. The summed E-state index contributed by atoms with van der Waals surface area (Å²) in [6.45, 7) is 6.58. The second kappa shape index (κ2) is 17.1.